The van der Waals surface area contributed by atoms with Gasteiger partial charge in [0.15, 0.2) is 0 Å². The fourth-order valence-corrected chi connectivity index (χ4v) is 5.89. The summed E-state index contributed by atoms with van der Waals surface area (Å²) in [5.74, 6) is -2.42. The van der Waals surface area contributed by atoms with E-state index in [1.807, 2.05) is 44.2 Å². The highest BCUT2D eigenvalue weighted by molar-refractivity contribution is 5.97. The summed E-state index contributed by atoms with van der Waals surface area (Å²) in [5.41, 5.74) is -0.585. The first-order valence-corrected chi connectivity index (χ1v) is 15.9. The first kappa shape index (κ1) is 36.4. The largest absolute Gasteiger partial charge is 0.489 e. The summed E-state index contributed by atoms with van der Waals surface area (Å²) in [6, 6.07) is 19.6. The van der Waals surface area contributed by atoms with E-state index in [4.69, 9.17) is 9.47 Å². The van der Waals surface area contributed by atoms with Crippen molar-refractivity contribution < 1.29 is 49.8 Å². The molecule has 264 valence electrons. The Kier molecular flexibility index (Phi) is 10.9. The predicted octanol–water partition coefficient (Wildman–Crippen LogP) is 10.2. The number of carbonyl (C=O) groups is 2. The van der Waals surface area contributed by atoms with Gasteiger partial charge in [-0.05, 0) is 83.8 Å². The van der Waals surface area contributed by atoms with E-state index < -0.39 is 59.9 Å². The van der Waals surface area contributed by atoms with Crippen LogP contribution in [0.3, 0.4) is 0 Å². The Labute approximate surface area is 284 Å². The van der Waals surface area contributed by atoms with Gasteiger partial charge in [0.25, 0.3) is 0 Å². The lowest BCUT2D eigenvalue weighted by molar-refractivity contribution is -0.139. The molecular weight excluding hydrogens is 667 g/mol. The third-order valence-electron chi connectivity index (χ3n) is 8.49. The van der Waals surface area contributed by atoms with Crippen molar-refractivity contribution >= 4 is 12.0 Å². The van der Waals surface area contributed by atoms with Crippen LogP contribution in [0.1, 0.15) is 60.4 Å². The molecule has 0 aliphatic carbocycles. The van der Waals surface area contributed by atoms with Crippen molar-refractivity contribution in [3.63, 3.8) is 0 Å². The number of nitrogens with zero attached hydrogens (tertiary/aromatic N) is 1. The number of amides is 2. The maximum absolute atomic E-state index is 14.3. The Balaban J connectivity index is 1.56. The van der Waals surface area contributed by atoms with Crippen molar-refractivity contribution in [3.05, 3.63) is 125 Å². The van der Waals surface area contributed by atoms with Gasteiger partial charge >= 0.3 is 18.4 Å². The molecule has 0 unspecified atom stereocenters. The summed E-state index contributed by atoms with van der Waals surface area (Å²) in [4.78, 5) is 28.4. The minimum Gasteiger partial charge on any atom is -0.489 e. The van der Waals surface area contributed by atoms with E-state index in [1.165, 1.54) is 24.3 Å². The molecule has 0 radical (unpaired) electrons. The highest BCUT2D eigenvalue weighted by atomic mass is 19.4. The van der Waals surface area contributed by atoms with Crippen LogP contribution in [-0.2, 0) is 34.9 Å². The third-order valence-corrected chi connectivity index (χ3v) is 8.49. The van der Waals surface area contributed by atoms with Crippen molar-refractivity contribution in [1.82, 2.24) is 4.90 Å². The van der Waals surface area contributed by atoms with Gasteiger partial charge < -0.3 is 9.47 Å². The molecule has 50 heavy (non-hydrogen) atoms. The summed E-state index contributed by atoms with van der Waals surface area (Å²) in [7, 11) is 0. The Hall–Kier alpha value is -4.87. The quantitative estimate of drug-likeness (QED) is 0.146. The SMILES string of the molecule is CC(C)CC[C@@H](C(=O)N1C(=O)OC[C@H]1Cc1ccccc1)c1cc(OCc2ccc(F)cc2C(F)(F)F)cc(-c2ccc(C(F)(F)F)cc2)c1. The van der Waals surface area contributed by atoms with Crippen LogP contribution >= 0.6 is 0 Å². The van der Waals surface area contributed by atoms with Gasteiger partial charge in [0.2, 0.25) is 5.91 Å². The van der Waals surface area contributed by atoms with Crippen molar-refractivity contribution in [2.75, 3.05) is 6.61 Å². The zero-order valence-electron chi connectivity index (χ0n) is 27.2. The second-order valence-corrected chi connectivity index (χ2v) is 12.6. The molecule has 1 heterocycles. The zero-order valence-corrected chi connectivity index (χ0v) is 27.2. The molecule has 5 rings (SSSR count). The van der Waals surface area contributed by atoms with Crippen LogP contribution in [0.2, 0.25) is 0 Å². The minimum atomic E-state index is -4.87. The Bertz CT molecular complexity index is 1810. The minimum absolute atomic E-state index is 0.0158. The number of benzene rings is 4. The average molecular weight is 702 g/mol. The molecule has 1 aliphatic rings. The smallest absolute Gasteiger partial charge is 0.417 e. The molecule has 4 aromatic rings. The summed E-state index contributed by atoms with van der Waals surface area (Å²) >= 11 is 0. The standard InChI is InChI=1S/C38H34F7NO4/c1-23(2)8-15-33(35(47)46-31(22-50-36(46)48)16-24-6-4-3-5-7-24)28-17-27(25-9-12-29(13-10-25)37(40,41)42)18-32(19-28)49-21-26-11-14-30(39)20-34(26)38(43,44)45/h3-7,9-14,17-20,23,31,33H,8,15-16,21-22H2,1-2H3/t31-,33-/m1/s1. The van der Waals surface area contributed by atoms with E-state index in [0.717, 1.165) is 34.7 Å². The molecule has 12 heteroatoms. The molecule has 1 aliphatic heterocycles. The molecule has 1 saturated heterocycles. The van der Waals surface area contributed by atoms with E-state index in [-0.39, 0.29) is 30.3 Å². The molecule has 1 fully saturated rings. The Morgan fingerprint density at radius 1 is 0.860 bits per heavy atom. The number of hydrogen-bond acceptors (Lipinski definition) is 4. The van der Waals surface area contributed by atoms with E-state index in [1.54, 1.807) is 6.07 Å². The van der Waals surface area contributed by atoms with Gasteiger partial charge in [0.05, 0.1) is 23.1 Å². The Morgan fingerprint density at radius 2 is 1.56 bits per heavy atom. The first-order chi connectivity index (χ1) is 23.6. The van der Waals surface area contributed by atoms with Gasteiger partial charge in [-0.1, -0.05) is 68.4 Å². The first-order valence-electron chi connectivity index (χ1n) is 15.9. The van der Waals surface area contributed by atoms with Gasteiger partial charge in [-0.2, -0.15) is 26.3 Å². The number of alkyl halides is 6. The van der Waals surface area contributed by atoms with Crippen molar-refractivity contribution in [2.45, 2.75) is 64.0 Å². The molecule has 0 bridgehead atoms. The van der Waals surface area contributed by atoms with Crippen molar-refractivity contribution in [3.8, 4) is 16.9 Å². The van der Waals surface area contributed by atoms with Gasteiger partial charge in [-0.3, -0.25) is 4.79 Å². The third kappa shape index (κ3) is 8.83. The number of cyclic esters (lactones) is 1. The molecule has 0 spiro atoms. The van der Waals surface area contributed by atoms with Crippen LogP contribution in [0.15, 0.2) is 91.0 Å². The topological polar surface area (TPSA) is 55.8 Å². The van der Waals surface area contributed by atoms with Crippen LogP contribution < -0.4 is 4.74 Å². The lowest BCUT2D eigenvalue weighted by Gasteiger charge is -2.26. The van der Waals surface area contributed by atoms with Crippen molar-refractivity contribution in [2.24, 2.45) is 5.92 Å². The molecule has 5 nitrogen and oxygen atoms in total. The van der Waals surface area contributed by atoms with Gasteiger partial charge in [0.1, 0.15) is 24.8 Å². The van der Waals surface area contributed by atoms with Gasteiger partial charge in [0, 0.05) is 5.56 Å². The number of hydrogen-bond donors (Lipinski definition) is 0. The van der Waals surface area contributed by atoms with Crippen LogP contribution in [0, 0.1) is 11.7 Å². The molecule has 2 atom stereocenters. The lowest BCUT2D eigenvalue weighted by Crippen LogP contribution is -2.43. The number of ether oxygens (including phenoxy) is 2. The highest BCUT2D eigenvalue weighted by Gasteiger charge is 2.41. The number of rotatable bonds is 11. The van der Waals surface area contributed by atoms with E-state index >= 15 is 0 Å². The van der Waals surface area contributed by atoms with Gasteiger partial charge in [-0.25, -0.2) is 14.1 Å². The molecular formula is C38H34F7NO4. The highest BCUT2D eigenvalue weighted by Crippen LogP contribution is 2.38. The van der Waals surface area contributed by atoms with E-state index in [0.29, 0.717) is 35.6 Å². The molecule has 2 amide bonds. The fraction of sp³-hybridized carbons (Fsp3) is 0.316. The van der Waals surface area contributed by atoms with E-state index in [2.05, 4.69) is 0 Å². The number of imide groups is 1. The summed E-state index contributed by atoms with van der Waals surface area (Å²) in [6.07, 6.45) is -9.11. The molecule has 0 aromatic heterocycles. The predicted molar refractivity (Wildman–Crippen MR) is 172 cm³/mol. The monoisotopic (exact) mass is 701 g/mol. The lowest BCUT2D eigenvalue weighted by atomic mass is 9.87. The van der Waals surface area contributed by atoms with Crippen molar-refractivity contribution in [1.29, 1.82) is 0 Å². The maximum atomic E-state index is 14.3. The summed E-state index contributed by atoms with van der Waals surface area (Å²) < 4.78 is 106. The van der Waals surface area contributed by atoms with Crippen LogP contribution in [-0.4, -0.2) is 29.5 Å². The number of carbonyl (C=O) groups excluding carboxylic acids is 2. The zero-order chi connectivity index (χ0) is 36.2. The van der Waals surface area contributed by atoms with Crippen LogP contribution in [0.4, 0.5) is 35.5 Å². The second-order valence-electron chi connectivity index (χ2n) is 12.6. The number of halogens is 7. The second kappa shape index (κ2) is 14.9. The summed E-state index contributed by atoms with van der Waals surface area (Å²) in [5, 5.41) is 0. The average Bonchev–Trinajstić information content (AvgIpc) is 3.42. The maximum Gasteiger partial charge on any atom is 0.417 e. The summed E-state index contributed by atoms with van der Waals surface area (Å²) in [6.45, 7) is 3.26. The molecule has 4 aromatic carbocycles. The fourth-order valence-electron chi connectivity index (χ4n) is 5.89. The van der Waals surface area contributed by atoms with Crippen LogP contribution in [0.25, 0.3) is 11.1 Å². The van der Waals surface area contributed by atoms with Crippen LogP contribution in [0.5, 0.6) is 5.75 Å². The van der Waals surface area contributed by atoms with E-state index in [9.17, 15) is 40.3 Å². The Morgan fingerprint density at radius 3 is 2.20 bits per heavy atom. The molecule has 0 saturated carbocycles. The molecule has 0 N–H and O–H groups in total. The normalized spacial score (nSPS) is 15.7. The van der Waals surface area contributed by atoms with Gasteiger partial charge in [-0.15, -0.1) is 0 Å².